The Morgan fingerprint density at radius 2 is 1.88 bits per heavy atom. The highest BCUT2D eigenvalue weighted by atomic mass is 32.2. The van der Waals surface area contributed by atoms with Crippen molar-refractivity contribution >= 4 is 23.6 Å². The first-order valence-corrected chi connectivity index (χ1v) is 12.9. The zero-order valence-electron chi connectivity index (χ0n) is 20.0. The number of carbonyl (C=O) groups excluding carboxylic acids is 2. The van der Waals surface area contributed by atoms with E-state index in [-0.39, 0.29) is 17.9 Å². The summed E-state index contributed by atoms with van der Waals surface area (Å²) in [6, 6.07) is 15.8. The molecule has 0 heterocycles. The van der Waals surface area contributed by atoms with Gasteiger partial charge in [0.05, 0.1) is 7.11 Å². The summed E-state index contributed by atoms with van der Waals surface area (Å²) in [5.41, 5.74) is 2.18. The van der Waals surface area contributed by atoms with Crippen molar-refractivity contribution in [3.63, 3.8) is 0 Å². The van der Waals surface area contributed by atoms with Gasteiger partial charge < -0.3 is 15.0 Å². The second kappa shape index (κ2) is 12.7. The standard InChI is InChI=1S/C27H36N2O3S/c1-4-25(27(31)28-22-9-5-6-10-22)29(19-21-8-7-11-23(18-21)32-3)26(30)16-17-33-24-14-12-20(2)13-15-24/h7-8,11-15,18,22,25H,4-6,9-10,16-17,19H2,1-3H3,(H,28,31). The largest absolute Gasteiger partial charge is 0.497 e. The van der Waals surface area contributed by atoms with Crippen LogP contribution in [0, 0.1) is 6.92 Å². The van der Waals surface area contributed by atoms with Crippen molar-refractivity contribution in [2.75, 3.05) is 12.9 Å². The van der Waals surface area contributed by atoms with Crippen LogP contribution in [0.15, 0.2) is 53.4 Å². The molecule has 1 aliphatic rings. The highest BCUT2D eigenvalue weighted by molar-refractivity contribution is 7.99. The lowest BCUT2D eigenvalue weighted by molar-refractivity contribution is -0.141. The average molecular weight is 469 g/mol. The van der Waals surface area contributed by atoms with Gasteiger partial charge in [-0.2, -0.15) is 0 Å². The molecule has 0 saturated heterocycles. The fraction of sp³-hybridized carbons (Fsp3) is 0.481. The van der Waals surface area contributed by atoms with Crippen LogP contribution in [0.2, 0.25) is 0 Å². The first-order chi connectivity index (χ1) is 16.0. The molecule has 1 N–H and O–H groups in total. The normalized spacial score (nSPS) is 14.6. The van der Waals surface area contributed by atoms with Crippen LogP contribution in [0.3, 0.4) is 0 Å². The minimum Gasteiger partial charge on any atom is -0.497 e. The average Bonchev–Trinajstić information content (AvgIpc) is 3.33. The minimum absolute atomic E-state index is 0.00542. The second-order valence-corrected chi connectivity index (χ2v) is 9.87. The Bertz CT molecular complexity index is 910. The Labute approximate surface area is 202 Å². The molecule has 1 unspecified atom stereocenters. The van der Waals surface area contributed by atoms with E-state index in [1.165, 1.54) is 5.56 Å². The van der Waals surface area contributed by atoms with Crippen LogP contribution < -0.4 is 10.1 Å². The van der Waals surface area contributed by atoms with E-state index in [0.717, 1.165) is 41.9 Å². The summed E-state index contributed by atoms with van der Waals surface area (Å²) in [5, 5.41) is 3.20. The smallest absolute Gasteiger partial charge is 0.243 e. The van der Waals surface area contributed by atoms with E-state index in [0.29, 0.717) is 25.1 Å². The minimum atomic E-state index is -0.478. The number of nitrogens with one attached hydrogen (secondary N) is 1. The van der Waals surface area contributed by atoms with Crippen molar-refractivity contribution in [3.8, 4) is 5.75 Å². The molecule has 33 heavy (non-hydrogen) atoms. The number of amides is 2. The quantitative estimate of drug-likeness (QED) is 0.452. The van der Waals surface area contributed by atoms with Crippen LogP contribution in [0.1, 0.15) is 56.6 Å². The summed E-state index contributed by atoms with van der Waals surface area (Å²) in [6.45, 7) is 4.43. The van der Waals surface area contributed by atoms with E-state index >= 15 is 0 Å². The van der Waals surface area contributed by atoms with Crippen molar-refractivity contribution in [3.05, 3.63) is 59.7 Å². The number of benzene rings is 2. The Balaban J connectivity index is 1.71. The van der Waals surface area contributed by atoms with Gasteiger partial charge in [0.25, 0.3) is 0 Å². The van der Waals surface area contributed by atoms with Gasteiger partial charge in [-0.05, 0) is 56.0 Å². The molecule has 2 aromatic rings. The van der Waals surface area contributed by atoms with E-state index in [1.54, 1.807) is 23.8 Å². The van der Waals surface area contributed by atoms with Gasteiger partial charge in [0, 0.05) is 29.7 Å². The molecule has 1 aliphatic carbocycles. The van der Waals surface area contributed by atoms with Crippen molar-refractivity contribution < 1.29 is 14.3 Å². The summed E-state index contributed by atoms with van der Waals surface area (Å²) >= 11 is 1.67. The van der Waals surface area contributed by atoms with Crippen molar-refractivity contribution in [1.82, 2.24) is 10.2 Å². The number of ether oxygens (including phenoxy) is 1. The molecule has 1 saturated carbocycles. The number of rotatable bonds is 11. The molecule has 0 bridgehead atoms. The first-order valence-electron chi connectivity index (χ1n) is 11.9. The van der Waals surface area contributed by atoms with Gasteiger partial charge in [-0.3, -0.25) is 9.59 Å². The van der Waals surface area contributed by atoms with Crippen molar-refractivity contribution in [2.45, 2.75) is 75.9 Å². The Morgan fingerprint density at radius 3 is 2.55 bits per heavy atom. The Morgan fingerprint density at radius 1 is 1.15 bits per heavy atom. The molecule has 2 amide bonds. The topological polar surface area (TPSA) is 58.6 Å². The molecule has 3 rings (SSSR count). The number of aryl methyl sites for hydroxylation is 1. The Hall–Kier alpha value is -2.47. The molecule has 1 atom stereocenters. The molecule has 0 radical (unpaired) electrons. The lowest BCUT2D eigenvalue weighted by Crippen LogP contribution is -2.51. The third-order valence-electron chi connectivity index (χ3n) is 6.18. The third-order valence-corrected chi connectivity index (χ3v) is 7.19. The maximum atomic E-state index is 13.4. The van der Waals surface area contributed by atoms with E-state index < -0.39 is 6.04 Å². The molecule has 0 aliphatic heterocycles. The number of nitrogens with zero attached hydrogens (tertiary/aromatic N) is 1. The third kappa shape index (κ3) is 7.53. The van der Waals surface area contributed by atoms with E-state index in [2.05, 4.69) is 36.5 Å². The summed E-state index contributed by atoms with van der Waals surface area (Å²) in [5.74, 6) is 1.40. The van der Waals surface area contributed by atoms with Crippen LogP contribution in [-0.4, -0.2) is 41.7 Å². The zero-order chi connectivity index (χ0) is 23.6. The molecule has 5 nitrogen and oxygen atoms in total. The summed E-state index contributed by atoms with van der Waals surface area (Å²) in [4.78, 5) is 29.5. The highest BCUT2D eigenvalue weighted by Gasteiger charge is 2.30. The fourth-order valence-corrected chi connectivity index (χ4v) is 5.13. The second-order valence-electron chi connectivity index (χ2n) is 8.70. The van der Waals surface area contributed by atoms with Gasteiger partial charge in [-0.1, -0.05) is 49.6 Å². The molecule has 2 aromatic carbocycles. The highest BCUT2D eigenvalue weighted by Crippen LogP contribution is 2.23. The van der Waals surface area contributed by atoms with Gasteiger partial charge in [0.2, 0.25) is 11.8 Å². The van der Waals surface area contributed by atoms with Gasteiger partial charge in [0.1, 0.15) is 11.8 Å². The van der Waals surface area contributed by atoms with Gasteiger partial charge in [0.15, 0.2) is 0 Å². The number of thioether (sulfide) groups is 1. The van der Waals surface area contributed by atoms with Crippen molar-refractivity contribution in [2.24, 2.45) is 0 Å². The maximum absolute atomic E-state index is 13.4. The van der Waals surface area contributed by atoms with Crippen LogP contribution >= 0.6 is 11.8 Å². The van der Waals surface area contributed by atoms with E-state index in [4.69, 9.17) is 4.74 Å². The van der Waals surface area contributed by atoms with Crippen LogP contribution in [0.4, 0.5) is 0 Å². The summed E-state index contributed by atoms with van der Waals surface area (Å²) in [6.07, 6.45) is 5.34. The lowest BCUT2D eigenvalue weighted by atomic mass is 10.1. The predicted octanol–water partition coefficient (Wildman–Crippen LogP) is 5.35. The number of methoxy groups -OCH3 is 1. The first kappa shape index (κ1) is 25.2. The molecule has 0 aromatic heterocycles. The predicted molar refractivity (Wildman–Crippen MR) is 135 cm³/mol. The van der Waals surface area contributed by atoms with Gasteiger partial charge in [-0.25, -0.2) is 0 Å². The number of hydrogen-bond donors (Lipinski definition) is 1. The summed E-state index contributed by atoms with van der Waals surface area (Å²) in [7, 11) is 1.63. The molecule has 178 valence electrons. The SMILES string of the molecule is CCC(C(=O)NC1CCCC1)N(Cc1cccc(OC)c1)C(=O)CCSc1ccc(C)cc1. The van der Waals surface area contributed by atoms with Gasteiger partial charge in [-0.15, -0.1) is 11.8 Å². The monoisotopic (exact) mass is 468 g/mol. The fourth-order valence-electron chi connectivity index (χ4n) is 4.29. The maximum Gasteiger partial charge on any atom is 0.243 e. The molecular formula is C27H36N2O3S. The zero-order valence-corrected chi connectivity index (χ0v) is 20.8. The Kier molecular flexibility index (Phi) is 9.67. The molecule has 0 spiro atoms. The molecular weight excluding hydrogens is 432 g/mol. The van der Waals surface area contributed by atoms with E-state index in [1.807, 2.05) is 31.2 Å². The van der Waals surface area contributed by atoms with Crippen molar-refractivity contribution in [1.29, 1.82) is 0 Å². The molecule has 6 heteroatoms. The van der Waals surface area contributed by atoms with Crippen LogP contribution in [0.5, 0.6) is 5.75 Å². The van der Waals surface area contributed by atoms with Crippen LogP contribution in [0.25, 0.3) is 0 Å². The van der Waals surface area contributed by atoms with Crippen LogP contribution in [-0.2, 0) is 16.1 Å². The lowest BCUT2D eigenvalue weighted by Gasteiger charge is -2.31. The number of carbonyl (C=O) groups is 2. The molecule has 1 fully saturated rings. The number of hydrogen-bond acceptors (Lipinski definition) is 4. The van der Waals surface area contributed by atoms with Gasteiger partial charge >= 0.3 is 0 Å². The summed E-state index contributed by atoms with van der Waals surface area (Å²) < 4.78 is 5.36. The van der Waals surface area contributed by atoms with E-state index in [9.17, 15) is 9.59 Å².